The number of benzene rings is 2. The van der Waals surface area contributed by atoms with E-state index in [1.165, 1.54) is 11.8 Å². The highest BCUT2D eigenvalue weighted by Gasteiger charge is 2.10. The molecule has 1 heterocycles. The Morgan fingerprint density at radius 2 is 1.85 bits per heavy atom. The summed E-state index contributed by atoms with van der Waals surface area (Å²) in [6.45, 7) is 4.27. The summed E-state index contributed by atoms with van der Waals surface area (Å²) in [6, 6.07) is 15.0. The SMILES string of the molecule is CC(C)c1ccccc1Nc1cnc(C(=O)Nc2cccc(Cl)c2)cn1. The first-order valence-corrected chi connectivity index (χ1v) is 8.65. The van der Waals surface area contributed by atoms with Crippen LogP contribution < -0.4 is 10.6 Å². The average Bonchev–Trinajstić information content (AvgIpc) is 2.62. The van der Waals surface area contributed by atoms with Gasteiger partial charge in [0.25, 0.3) is 5.91 Å². The first kappa shape index (κ1) is 17.9. The first-order chi connectivity index (χ1) is 12.5. The predicted molar refractivity (Wildman–Crippen MR) is 105 cm³/mol. The summed E-state index contributed by atoms with van der Waals surface area (Å²) < 4.78 is 0. The number of hydrogen-bond donors (Lipinski definition) is 2. The summed E-state index contributed by atoms with van der Waals surface area (Å²) in [4.78, 5) is 20.8. The van der Waals surface area contributed by atoms with Gasteiger partial charge in [0, 0.05) is 16.4 Å². The molecule has 3 rings (SSSR count). The van der Waals surface area contributed by atoms with Crippen molar-refractivity contribution in [3.8, 4) is 0 Å². The minimum atomic E-state index is -0.339. The Morgan fingerprint density at radius 1 is 1.04 bits per heavy atom. The number of halogens is 1. The van der Waals surface area contributed by atoms with Gasteiger partial charge in [-0.1, -0.05) is 49.7 Å². The molecular weight excluding hydrogens is 348 g/mol. The number of aromatic nitrogens is 2. The molecule has 0 aliphatic rings. The van der Waals surface area contributed by atoms with E-state index in [0.717, 1.165) is 5.69 Å². The van der Waals surface area contributed by atoms with Crippen LogP contribution in [0.1, 0.15) is 35.8 Å². The Labute approximate surface area is 157 Å². The van der Waals surface area contributed by atoms with Gasteiger partial charge in [-0.05, 0) is 35.7 Å². The van der Waals surface area contributed by atoms with Crippen LogP contribution >= 0.6 is 11.6 Å². The highest BCUT2D eigenvalue weighted by atomic mass is 35.5. The number of carbonyl (C=O) groups excluding carboxylic acids is 1. The van der Waals surface area contributed by atoms with Gasteiger partial charge in [-0.2, -0.15) is 0 Å². The summed E-state index contributed by atoms with van der Waals surface area (Å²) in [6.07, 6.45) is 2.99. The van der Waals surface area contributed by atoms with Crippen molar-refractivity contribution in [2.45, 2.75) is 19.8 Å². The number of nitrogens with one attached hydrogen (secondary N) is 2. The van der Waals surface area contributed by atoms with Crippen LogP contribution in [-0.2, 0) is 0 Å². The fraction of sp³-hybridized carbons (Fsp3) is 0.150. The zero-order valence-corrected chi connectivity index (χ0v) is 15.3. The second-order valence-corrected chi connectivity index (χ2v) is 6.55. The normalized spacial score (nSPS) is 10.6. The van der Waals surface area contributed by atoms with E-state index in [0.29, 0.717) is 22.4 Å². The third-order valence-electron chi connectivity index (χ3n) is 3.81. The monoisotopic (exact) mass is 366 g/mol. The maximum atomic E-state index is 12.3. The van der Waals surface area contributed by atoms with Gasteiger partial charge < -0.3 is 10.6 Å². The fourth-order valence-electron chi connectivity index (χ4n) is 2.52. The number of para-hydroxylation sites is 1. The van der Waals surface area contributed by atoms with Crippen LogP contribution in [0, 0.1) is 0 Å². The Morgan fingerprint density at radius 3 is 2.54 bits per heavy atom. The molecule has 0 bridgehead atoms. The van der Waals surface area contributed by atoms with Gasteiger partial charge in [-0.25, -0.2) is 9.97 Å². The molecule has 1 aromatic heterocycles. The van der Waals surface area contributed by atoms with Crippen molar-refractivity contribution >= 4 is 34.7 Å². The van der Waals surface area contributed by atoms with Crippen LogP contribution in [0.3, 0.4) is 0 Å². The van der Waals surface area contributed by atoms with Crippen molar-refractivity contribution in [2.75, 3.05) is 10.6 Å². The quantitative estimate of drug-likeness (QED) is 0.647. The summed E-state index contributed by atoms with van der Waals surface area (Å²) in [5.41, 5.74) is 3.01. The molecule has 6 heteroatoms. The number of hydrogen-bond acceptors (Lipinski definition) is 4. The largest absolute Gasteiger partial charge is 0.339 e. The van der Waals surface area contributed by atoms with E-state index < -0.39 is 0 Å². The second kappa shape index (κ2) is 7.97. The molecule has 0 spiro atoms. The molecule has 5 nitrogen and oxygen atoms in total. The minimum absolute atomic E-state index is 0.229. The third kappa shape index (κ3) is 4.37. The van der Waals surface area contributed by atoms with Crippen LogP contribution in [0.5, 0.6) is 0 Å². The zero-order chi connectivity index (χ0) is 18.5. The number of nitrogens with zero attached hydrogens (tertiary/aromatic N) is 2. The van der Waals surface area contributed by atoms with Gasteiger partial charge in [0.2, 0.25) is 0 Å². The lowest BCUT2D eigenvalue weighted by Crippen LogP contribution is -2.14. The molecule has 1 amide bonds. The predicted octanol–water partition coefficient (Wildman–Crippen LogP) is 5.25. The zero-order valence-electron chi connectivity index (χ0n) is 14.5. The van der Waals surface area contributed by atoms with Gasteiger partial charge in [0.05, 0.1) is 12.4 Å². The first-order valence-electron chi connectivity index (χ1n) is 8.28. The molecule has 0 fully saturated rings. The number of rotatable bonds is 5. The highest BCUT2D eigenvalue weighted by Crippen LogP contribution is 2.26. The molecule has 0 saturated heterocycles. The van der Waals surface area contributed by atoms with E-state index in [1.807, 2.05) is 18.2 Å². The van der Waals surface area contributed by atoms with Crippen molar-refractivity contribution < 1.29 is 4.79 Å². The van der Waals surface area contributed by atoms with Crippen molar-refractivity contribution in [1.29, 1.82) is 0 Å². The topological polar surface area (TPSA) is 66.9 Å². The molecule has 2 aromatic carbocycles. The molecule has 132 valence electrons. The van der Waals surface area contributed by atoms with Gasteiger partial charge in [0.1, 0.15) is 11.5 Å². The minimum Gasteiger partial charge on any atom is -0.339 e. The van der Waals surface area contributed by atoms with E-state index in [9.17, 15) is 4.79 Å². The van der Waals surface area contributed by atoms with E-state index >= 15 is 0 Å². The number of amides is 1. The second-order valence-electron chi connectivity index (χ2n) is 6.12. The summed E-state index contributed by atoms with van der Waals surface area (Å²) >= 11 is 5.92. The molecule has 0 radical (unpaired) electrons. The average molecular weight is 367 g/mol. The Kier molecular flexibility index (Phi) is 5.49. The van der Waals surface area contributed by atoms with Crippen LogP contribution in [0.25, 0.3) is 0 Å². The summed E-state index contributed by atoms with van der Waals surface area (Å²) in [7, 11) is 0. The highest BCUT2D eigenvalue weighted by molar-refractivity contribution is 6.30. The van der Waals surface area contributed by atoms with Crippen molar-refractivity contribution in [2.24, 2.45) is 0 Å². The van der Waals surface area contributed by atoms with Crippen LogP contribution in [0.2, 0.25) is 5.02 Å². The van der Waals surface area contributed by atoms with Gasteiger partial charge >= 0.3 is 0 Å². The summed E-state index contributed by atoms with van der Waals surface area (Å²) in [5.74, 6) is 0.626. The fourth-order valence-corrected chi connectivity index (χ4v) is 2.71. The summed E-state index contributed by atoms with van der Waals surface area (Å²) in [5, 5.41) is 6.55. The Hall–Kier alpha value is -2.92. The van der Waals surface area contributed by atoms with E-state index in [-0.39, 0.29) is 11.6 Å². The molecule has 0 saturated carbocycles. The lowest BCUT2D eigenvalue weighted by atomic mass is 10.0. The molecule has 0 atom stereocenters. The lowest BCUT2D eigenvalue weighted by molar-refractivity contribution is 0.102. The molecule has 0 aliphatic carbocycles. The van der Waals surface area contributed by atoms with E-state index in [1.54, 1.807) is 30.5 Å². The van der Waals surface area contributed by atoms with E-state index in [2.05, 4.69) is 40.5 Å². The molecule has 0 unspecified atom stereocenters. The lowest BCUT2D eigenvalue weighted by Gasteiger charge is -2.13. The Bertz CT molecular complexity index is 910. The molecule has 0 aliphatic heterocycles. The smallest absolute Gasteiger partial charge is 0.275 e. The van der Waals surface area contributed by atoms with Gasteiger partial charge in [-0.15, -0.1) is 0 Å². The number of carbonyl (C=O) groups is 1. The van der Waals surface area contributed by atoms with Crippen LogP contribution in [0.15, 0.2) is 60.9 Å². The Balaban J connectivity index is 1.71. The molecule has 3 aromatic rings. The number of anilines is 3. The van der Waals surface area contributed by atoms with Crippen LogP contribution in [0.4, 0.5) is 17.2 Å². The third-order valence-corrected chi connectivity index (χ3v) is 4.05. The van der Waals surface area contributed by atoms with Crippen molar-refractivity contribution in [3.63, 3.8) is 0 Å². The van der Waals surface area contributed by atoms with Gasteiger partial charge in [-0.3, -0.25) is 4.79 Å². The standard InChI is InChI=1S/C20H19ClN4O/c1-13(2)16-8-3-4-9-17(16)25-19-12-22-18(11-23-19)20(26)24-15-7-5-6-14(21)10-15/h3-13H,1-2H3,(H,23,25)(H,24,26). The molecule has 26 heavy (non-hydrogen) atoms. The maximum Gasteiger partial charge on any atom is 0.275 e. The van der Waals surface area contributed by atoms with Crippen molar-refractivity contribution in [1.82, 2.24) is 9.97 Å². The maximum absolute atomic E-state index is 12.3. The van der Waals surface area contributed by atoms with Crippen LogP contribution in [-0.4, -0.2) is 15.9 Å². The van der Waals surface area contributed by atoms with Crippen molar-refractivity contribution in [3.05, 3.63) is 77.2 Å². The van der Waals surface area contributed by atoms with E-state index in [4.69, 9.17) is 11.6 Å². The molecule has 2 N–H and O–H groups in total. The molecular formula is C20H19ClN4O. The van der Waals surface area contributed by atoms with Gasteiger partial charge in [0.15, 0.2) is 0 Å².